The number of piperidine rings is 2. The van der Waals surface area contributed by atoms with Crippen LogP contribution in [-0.2, 0) is 35.6 Å². The number of aryl methyl sites for hydroxylation is 2. The highest BCUT2D eigenvalue weighted by Crippen LogP contribution is 2.46. The molecule has 3 aliphatic heterocycles. The summed E-state index contributed by atoms with van der Waals surface area (Å²) >= 11 is 0. The highest BCUT2D eigenvalue weighted by atomic mass is 19.1. The van der Waals surface area contributed by atoms with Crippen LogP contribution in [0.2, 0.25) is 0 Å². The molecule has 51 heavy (non-hydrogen) atoms. The fourth-order valence-corrected chi connectivity index (χ4v) is 8.01. The van der Waals surface area contributed by atoms with Gasteiger partial charge in [-0.1, -0.05) is 38.1 Å². The molecule has 9 heteroatoms. The number of aromatic nitrogens is 1. The van der Waals surface area contributed by atoms with Gasteiger partial charge >= 0.3 is 5.97 Å². The second-order valence-corrected chi connectivity index (χ2v) is 16.9. The number of ether oxygens (including phenoxy) is 1. The minimum Gasteiger partial charge on any atom is -0.479 e. The smallest absolute Gasteiger partial charge is 0.337 e. The fraction of sp³-hybridized carbons (Fsp3) is 0.571. The zero-order valence-electron chi connectivity index (χ0n) is 31.7. The van der Waals surface area contributed by atoms with Gasteiger partial charge in [0.05, 0.1) is 23.1 Å². The molecule has 3 aromatic rings. The standard InChI is InChI=1S/C42H57FN4O4/c1-27-22-33(43)11-10-31(27)24-46-17-12-29-23-30(8-9-32(29)25-46)37-35(26-45-18-13-34(48)14-19-45)44-28(2)36(39(40(49)50)51-41(3,4)5)38(37)47-20-15-42(6,7)16-21-47/h8-11,22-23,34,39,48H,12-21,24-26H2,1-7H3,(H,49,50). The highest BCUT2D eigenvalue weighted by Gasteiger charge is 2.37. The number of rotatable bonds is 9. The van der Waals surface area contributed by atoms with Gasteiger partial charge in [0.15, 0.2) is 6.10 Å². The van der Waals surface area contributed by atoms with Crippen LogP contribution in [0.25, 0.3) is 11.1 Å². The Balaban J connectivity index is 1.46. The number of carbonyl (C=O) groups is 1. The molecule has 4 heterocycles. The minimum atomic E-state index is -1.18. The average Bonchev–Trinajstić information content (AvgIpc) is 3.05. The van der Waals surface area contributed by atoms with Crippen molar-refractivity contribution in [3.63, 3.8) is 0 Å². The van der Waals surface area contributed by atoms with E-state index >= 15 is 0 Å². The van der Waals surface area contributed by atoms with Crippen LogP contribution in [0.5, 0.6) is 0 Å². The van der Waals surface area contributed by atoms with Crippen LogP contribution in [0.1, 0.15) is 106 Å². The fourth-order valence-electron chi connectivity index (χ4n) is 8.01. The van der Waals surface area contributed by atoms with Gasteiger partial charge in [-0.15, -0.1) is 0 Å². The van der Waals surface area contributed by atoms with Gasteiger partial charge in [-0.3, -0.25) is 14.8 Å². The maximum Gasteiger partial charge on any atom is 0.337 e. The van der Waals surface area contributed by atoms with Crippen LogP contribution < -0.4 is 4.90 Å². The van der Waals surface area contributed by atoms with Crippen LogP contribution in [0.15, 0.2) is 36.4 Å². The van der Waals surface area contributed by atoms with Crippen molar-refractivity contribution in [2.24, 2.45) is 5.41 Å². The predicted molar refractivity (Wildman–Crippen MR) is 200 cm³/mol. The summed E-state index contributed by atoms with van der Waals surface area (Å²) in [7, 11) is 0. The molecule has 0 spiro atoms. The summed E-state index contributed by atoms with van der Waals surface area (Å²) < 4.78 is 20.2. The van der Waals surface area contributed by atoms with Gasteiger partial charge in [0.2, 0.25) is 0 Å². The third kappa shape index (κ3) is 8.82. The van der Waals surface area contributed by atoms with E-state index in [4.69, 9.17) is 9.72 Å². The van der Waals surface area contributed by atoms with Crippen LogP contribution in [-0.4, -0.2) is 75.4 Å². The lowest BCUT2D eigenvalue weighted by molar-refractivity contribution is -0.160. The van der Waals surface area contributed by atoms with Crippen molar-refractivity contribution in [1.29, 1.82) is 0 Å². The lowest BCUT2D eigenvalue weighted by Crippen LogP contribution is -2.40. The molecule has 3 aliphatic rings. The predicted octanol–water partition coefficient (Wildman–Crippen LogP) is 7.59. The number of hydrogen-bond acceptors (Lipinski definition) is 7. The van der Waals surface area contributed by atoms with Crippen molar-refractivity contribution in [3.05, 3.63) is 81.4 Å². The maximum absolute atomic E-state index is 13.8. The molecule has 2 aromatic carbocycles. The Hall–Kier alpha value is -3.37. The zero-order valence-corrected chi connectivity index (χ0v) is 31.7. The Labute approximate surface area is 303 Å². The largest absolute Gasteiger partial charge is 0.479 e. The molecule has 0 saturated carbocycles. The second kappa shape index (κ2) is 14.9. The van der Waals surface area contributed by atoms with Crippen molar-refractivity contribution in [2.75, 3.05) is 37.6 Å². The summed E-state index contributed by atoms with van der Waals surface area (Å²) in [6, 6.07) is 11.8. The van der Waals surface area contributed by atoms with Gasteiger partial charge in [0.1, 0.15) is 5.82 Å². The van der Waals surface area contributed by atoms with Gasteiger partial charge < -0.3 is 19.8 Å². The highest BCUT2D eigenvalue weighted by molar-refractivity contribution is 5.88. The summed E-state index contributed by atoms with van der Waals surface area (Å²) in [5, 5.41) is 21.0. The van der Waals surface area contributed by atoms with Crippen molar-refractivity contribution in [2.45, 2.75) is 118 Å². The third-order valence-corrected chi connectivity index (χ3v) is 11.1. The number of hydrogen-bond donors (Lipinski definition) is 2. The number of fused-ring (bicyclic) bond motifs is 1. The van der Waals surface area contributed by atoms with E-state index in [1.165, 1.54) is 11.1 Å². The molecule has 1 unspecified atom stereocenters. The van der Waals surface area contributed by atoms with Crippen LogP contribution in [0.4, 0.5) is 10.1 Å². The average molecular weight is 701 g/mol. The third-order valence-electron chi connectivity index (χ3n) is 11.1. The number of pyridine rings is 1. The molecular formula is C42H57FN4O4. The number of benzene rings is 2. The van der Waals surface area contributed by atoms with Crippen LogP contribution in [0, 0.1) is 25.1 Å². The Morgan fingerprint density at radius 3 is 2.33 bits per heavy atom. The van der Waals surface area contributed by atoms with Gasteiger partial charge in [-0.25, -0.2) is 9.18 Å². The SMILES string of the molecule is Cc1cc(F)ccc1CN1CCc2cc(-c3c(CN4CCC(O)CC4)nc(C)c(C(OC(C)(C)C)C(=O)O)c3N3CCC(C)(C)CC3)ccc2C1. The van der Waals surface area contributed by atoms with Gasteiger partial charge in [0.25, 0.3) is 0 Å². The maximum atomic E-state index is 13.8. The monoisotopic (exact) mass is 700 g/mol. The molecule has 2 saturated heterocycles. The van der Waals surface area contributed by atoms with E-state index in [1.54, 1.807) is 12.1 Å². The van der Waals surface area contributed by atoms with E-state index < -0.39 is 17.7 Å². The molecule has 276 valence electrons. The van der Waals surface area contributed by atoms with E-state index in [9.17, 15) is 19.4 Å². The first-order chi connectivity index (χ1) is 24.1. The second-order valence-electron chi connectivity index (χ2n) is 16.9. The number of carboxylic acids is 1. The first-order valence-corrected chi connectivity index (χ1v) is 18.8. The Kier molecular flexibility index (Phi) is 10.9. The summed E-state index contributed by atoms with van der Waals surface area (Å²) in [5.41, 5.74) is 9.45. The zero-order chi connectivity index (χ0) is 36.7. The van der Waals surface area contributed by atoms with Gasteiger partial charge in [-0.05, 0) is 112 Å². The molecule has 8 nitrogen and oxygen atoms in total. The molecule has 1 aromatic heterocycles. The van der Waals surface area contributed by atoms with Gasteiger partial charge in [-0.2, -0.15) is 0 Å². The number of anilines is 1. The Morgan fingerprint density at radius 1 is 0.980 bits per heavy atom. The number of aliphatic hydroxyl groups is 1. The van der Waals surface area contributed by atoms with E-state index in [0.717, 1.165) is 112 Å². The molecule has 0 bridgehead atoms. The molecule has 1 atom stereocenters. The first kappa shape index (κ1) is 37.4. The minimum absolute atomic E-state index is 0.203. The molecule has 2 N–H and O–H groups in total. The number of aliphatic hydroxyl groups excluding tert-OH is 1. The molecule has 2 fully saturated rings. The number of likely N-dealkylation sites (tertiary alicyclic amines) is 1. The Morgan fingerprint density at radius 2 is 1.69 bits per heavy atom. The lowest BCUT2D eigenvalue weighted by Gasteiger charge is -2.41. The molecular weight excluding hydrogens is 643 g/mol. The van der Waals surface area contributed by atoms with Crippen LogP contribution in [0.3, 0.4) is 0 Å². The van der Waals surface area contributed by atoms with Gasteiger partial charge in [0, 0.05) is 69.2 Å². The van der Waals surface area contributed by atoms with Crippen molar-refractivity contribution < 1.29 is 24.1 Å². The molecule has 0 amide bonds. The van der Waals surface area contributed by atoms with Crippen molar-refractivity contribution in [1.82, 2.24) is 14.8 Å². The summed E-state index contributed by atoms with van der Waals surface area (Å²) in [5.74, 6) is -1.22. The van der Waals surface area contributed by atoms with E-state index in [-0.39, 0.29) is 17.3 Å². The van der Waals surface area contributed by atoms with Crippen LogP contribution >= 0.6 is 0 Å². The number of aliphatic carboxylic acids is 1. The molecule has 6 rings (SSSR count). The summed E-state index contributed by atoms with van der Waals surface area (Å²) in [6.45, 7) is 20.5. The Bertz CT molecular complexity index is 1730. The van der Waals surface area contributed by atoms with Crippen molar-refractivity contribution in [3.8, 4) is 11.1 Å². The molecule has 0 aliphatic carbocycles. The topological polar surface area (TPSA) is 89.4 Å². The lowest BCUT2D eigenvalue weighted by atomic mass is 9.81. The first-order valence-electron chi connectivity index (χ1n) is 18.8. The summed E-state index contributed by atoms with van der Waals surface area (Å²) in [4.78, 5) is 25.6. The van der Waals surface area contributed by atoms with E-state index in [1.807, 2.05) is 40.7 Å². The summed E-state index contributed by atoms with van der Waals surface area (Å²) in [6.07, 6.45) is 2.88. The number of nitrogens with zero attached hydrogens (tertiary/aromatic N) is 4. The van der Waals surface area contributed by atoms with Crippen molar-refractivity contribution >= 4 is 11.7 Å². The van der Waals surface area contributed by atoms with E-state index in [2.05, 4.69) is 46.7 Å². The molecule has 0 radical (unpaired) electrons. The normalized spacial score (nSPS) is 19.6. The number of halogens is 1. The van der Waals surface area contributed by atoms with E-state index in [0.29, 0.717) is 17.8 Å². The number of carboxylic acid groups (broad SMARTS) is 1. The quantitative estimate of drug-likeness (QED) is 0.236.